The Labute approximate surface area is 236 Å². The molecule has 1 heterocycles. The summed E-state index contributed by atoms with van der Waals surface area (Å²) in [5.41, 5.74) is -3.08. The molecule has 2 atom stereocenters. The van der Waals surface area contributed by atoms with Crippen LogP contribution < -0.4 is 0 Å². The van der Waals surface area contributed by atoms with Crippen LogP contribution in [0.3, 0.4) is 0 Å². The van der Waals surface area contributed by atoms with Crippen molar-refractivity contribution in [3.8, 4) is 0 Å². The summed E-state index contributed by atoms with van der Waals surface area (Å²) in [6, 6.07) is 14.8. The summed E-state index contributed by atoms with van der Waals surface area (Å²) in [4.78, 5) is 32.3. The molecule has 214 valence electrons. The van der Waals surface area contributed by atoms with Gasteiger partial charge in [0.2, 0.25) is 5.54 Å². The van der Waals surface area contributed by atoms with E-state index in [1.54, 1.807) is 13.0 Å². The van der Waals surface area contributed by atoms with E-state index in [1.165, 1.54) is 41.6 Å². The van der Waals surface area contributed by atoms with Crippen LogP contribution in [0.2, 0.25) is 0 Å². The van der Waals surface area contributed by atoms with Gasteiger partial charge in [-0.1, -0.05) is 83.4 Å². The summed E-state index contributed by atoms with van der Waals surface area (Å²) in [6.07, 6.45) is 10.3. The summed E-state index contributed by atoms with van der Waals surface area (Å²) in [5, 5.41) is 4.45. The lowest BCUT2D eigenvalue weighted by Crippen LogP contribution is -2.68. The maximum absolute atomic E-state index is 14.3. The minimum Gasteiger partial charge on any atom is -0.464 e. The van der Waals surface area contributed by atoms with Crippen LogP contribution in [-0.4, -0.2) is 38.9 Å². The predicted molar refractivity (Wildman–Crippen MR) is 153 cm³/mol. The molecule has 40 heavy (non-hydrogen) atoms. The van der Waals surface area contributed by atoms with E-state index in [9.17, 15) is 14.0 Å². The Hall–Kier alpha value is -3.81. The van der Waals surface area contributed by atoms with Gasteiger partial charge in [-0.15, -0.1) is 0 Å². The van der Waals surface area contributed by atoms with Gasteiger partial charge in [0.15, 0.2) is 5.60 Å². The summed E-state index contributed by atoms with van der Waals surface area (Å²) < 4.78 is 27.4. The standard InChI is InChI=1S/C32H40FN3O4/c1-6-8-9-13-21-31(22-20-25-14-11-10-12-15-25,40-28(37)26-16-18-27(33)19-17-26)32(30(3,4)5,29(38)39-7-2)36-24-34-23-35-36/h10-12,14-20,22-24H,6-9,13,21H2,1-5H3. The third-order valence-electron chi connectivity index (χ3n) is 7.13. The fraction of sp³-hybridized carbons (Fsp3) is 0.438. The molecule has 0 fully saturated rings. The molecule has 8 heteroatoms. The molecular formula is C32H40FN3O4. The fourth-order valence-corrected chi connectivity index (χ4v) is 5.33. The normalized spacial score (nSPS) is 14.8. The van der Waals surface area contributed by atoms with Crippen molar-refractivity contribution < 1.29 is 23.5 Å². The smallest absolute Gasteiger partial charge is 0.339 e. The largest absolute Gasteiger partial charge is 0.464 e. The molecule has 0 saturated heterocycles. The quantitative estimate of drug-likeness (QED) is 0.169. The number of unbranched alkanes of at least 4 members (excludes halogenated alkanes) is 3. The number of benzene rings is 2. The molecule has 0 bridgehead atoms. The molecule has 0 N–H and O–H groups in total. The fourth-order valence-electron chi connectivity index (χ4n) is 5.33. The molecule has 3 aromatic rings. The first-order valence-electron chi connectivity index (χ1n) is 13.9. The number of carbonyl (C=O) groups is 2. The van der Waals surface area contributed by atoms with Crippen LogP contribution in [0.4, 0.5) is 4.39 Å². The summed E-state index contributed by atoms with van der Waals surface area (Å²) in [5.74, 6) is -1.75. The molecule has 0 aliphatic heterocycles. The molecule has 0 aliphatic carbocycles. The van der Waals surface area contributed by atoms with Gasteiger partial charge in [-0.05, 0) is 55.7 Å². The van der Waals surface area contributed by atoms with Crippen molar-refractivity contribution in [1.82, 2.24) is 14.8 Å². The zero-order valence-electron chi connectivity index (χ0n) is 24.1. The number of esters is 2. The van der Waals surface area contributed by atoms with Crippen LogP contribution in [0.1, 0.15) is 82.6 Å². The molecule has 2 aromatic carbocycles. The van der Waals surface area contributed by atoms with Crippen molar-refractivity contribution in [3.63, 3.8) is 0 Å². The van der Waals surface area contributed by atoms with Crippen LogP contribution >= 0.6 is 0 Å². The van der Waals surface area contributed by atoms with Gasteiger partial charge in [0.05, 0.1) is 12.2 Å². The highest BCUT2D eigenvalue weighted by Gasteiger charge is 2.67. The minimum atomic E-state index is -1.65. The van der Waals surface area contributed by atoms with E-state index in [1.807, 2.05) is 57.2 Å². The molecule has 0 spiro atoms. The number of aromatic nitrogens is 3. The van der Waals surface area contributed by atoms with Crippen molar-refractivity contribution in [2.24, 2.45) is 5.41 Å². The van der Waals surface area contributed by atoms with Crippen molar-refractivity contribution in [3.05, 3.63) is 90.3 Å². The molecule has 0 radical (unpaired) electrons. The van der Waals surface area contributed by atoms with E-state index in [4.69, 9.17) is 9.47 Å². The van der Waals surface area contributed by atoms with Crippen LogP contribution in [0, 0.1) is 11.2 Å². The Kier molecular flexibility index (Phi) is 10.4. The van der Waals surface area contributed by atoms with E-state index in [-0.39, 0.29) is 12.2 Å². The van der Waals surface area contributed by atoms with Crippen LogP contribution in [0.5, 0.6) is 0 Å². The van der Waals surface area contributed by atoms with Gasteiger partial charge in [0.25, 0.3) is 0 Å². The Morgan fingerprint density at radius 3 is 2.25 bits per heavy atom. The summed E-state index contributed by atoms with van der Waals surface area (Å²) in [6.45, 7) is 9.66. The summed E-state index contributed by atoms with van der Waals surface area (Å²) in [7, 11) is 0. The second-order valence-corrected chi connectivity index (χ2v) is 10.9. The molecule has 2 unspecified atom stereocenters. The molecule has 0 amide bonds. The second-order valence-electron chi connectivity index (χ2n) is 10.9. The third-order valence-corrected chi connectivity index (χ3v) is 7.13. The highest BCUT2D eigenvalue weighted by Crippen LogP contribution is 2.51. The Bertz CT molecular complexity index is 1250. The van der Waals surface area contributed by atoms with Crippen LogP contribution in [0.15, 0.2) is 73.3 Å². The van der Waals surface area contributed by atoms with Crippen LogP contribution in [0.25, 0.3) is 6.08 Å². The van der Waals surface area contributed by atoms with Gasteiger partial charge in [0.1, 0.15) is 18.5 Å². The summed E-state index contributed by atoms with van der Waals surface area (Å²) >= 11 is 0. The molecular weight excluding hydrogens is 509 g/mol. The first kappa shape index (κ1) is 30.7. The van der Waals surface area contributed by atoms with Crippen LogP contribution in [-0.2, 0) is 19.8 Å². The average molecular weight is 550 g/mol. The highest BCUT2D eigenvalue weighted by molar-refractivity contribution is 5.91. The minimum absolute atomic E-state index is 0.117. The number of rotatable bonds is 13. The van der Waals surface area contributed by atoms with E-state index in [0.29, 0.717) is 12.8 Å². The van der Waals surface area contributed by atoms with Gasteiger partial charge in [0, 0.05) is 5.41 Å². The SMILES string of the molecule is CCCCCCC(C=Cc1ccccc1)(OC(=O)c1ccc(F)cc1)C(C(=O)OCC)(n1cncn1)C(C)(C)C. The molecule has 3 rings (SSSR count). The lowest BCUT2D eigenvalue weighted by molar-refractivity contribution is -0.185. The first-order valence-corrected chi connectivity index (χ1v) is 13.9. The monoisotopic (exact) mass is 549 g/mol. The molecule has 1 aromatic heterocycles. The molecule has 0 aliphatic rings. The molecule has 7 nitrogen and oxygen atoms in total. The van der Waals surface area contributed by atoms with Gasteiger partial charge in [-0.25, -0.2) is 23.6 Å². The maximum atomic E-state index is 14.3. The van der Waals surface area contributed by atoms with E-state index >= 15 is 0 Å². The lowest BCUT2D eigenvalue weighted by Gasteiger charge is -2.52. The Morgan fingerprint density at radius 2 is 1.68 bits per heavy atom. The number of ether oxygens (including phenoxy) is 2. The van der Waals surface area contributed by atoms with E-state index in [0.717, 1.165) is 24.8 Å². The van der Waals surface area contributed by atoms with E-state index in [2.05, 4.69) is 17.0 Å². The second kappa shape index (κ2) is 13.5. The number of carbonyl (C=O) groups excluding carboxylic acids is 2. The Morgan fingerprint density at radius 1 is 0.975 bits per heavy atom. The first-order chi connectivity index (χ1) is 19.1. The number of halogens is 1. The van der Waals surface area contributed by atoms with Gasteiger partial charge < -0.3 is 9.47 Å². The number of hydrogen-bond acceptors (Lipinski definition) is 6. The average Bonchev–Trinajstić information content (AvgIpc) is 3.45. The number of hydrogen-bond donors (Lipinski definition) is 0. The topological polar surface area (TPSA) is 83.3 Å². The maximum Gasteiger partial charge on any atom is 0.339 e. The predicted octanol–water partition coefficient (Wildman–Crippen LogP) is 7.00. The number of nitrogens with zero attached hydrogens (tertiary/aromatic N) is 3. The zero-order chi connectivity index (χ0) is 29.2. The lowest BCUT2D eigenvalue weighted by atomic mass is 9.61. The highest BCUT2D eigenvalue weighted by atomic mass is 19.1. The zero-order valence-corrected chi connectivity index (χ0v) is 24.1. The van der Waals surface area contributed by atoms with Gasteiger partial charge in [-0.3, -0.25) is 0 Å². The van der Waals surface area contributed by atoms with Crippen molar-refractivity contribution in [2.75, 3.05) is 6.61 Å². The van der Waals surface area contributed by atoms with Crippen molar-refractivity contribution in [1.29, 1.82) is 0 Å². The Balaban J connectivity index is 2.36. The third kappa shape index (κ3) is 6.49. The molecule has 0 saturated carbocycles. The van der Waals surface area contributed by atoms with Crippen molar-refractivity contribution >= 4 is 18.0 Å². The van der Waals surface area contributed by atoms with Crippen molar-refractivity contribution in [2.45, 2.75) is 77.9 Å². The van der Waals surface area contributed by atoms with Gasteiger partial charge in [-0.2, -0.15) is 5.10 Å². The van der Waals surface area contributed by atoms with Gasteiger partial charge >= 0.3 is 11.9 Å². The van der Waals surface area contributed by atoms with E-state index < -0.39 is 34.3 Å².